The molecule has 0 bridgehead atoms. The fraction of sp³-hybridized carbons (Fsp3) is 0.238. The van der Waals surface area contributed by atoms with Crippen molar-refractivity contribution in [1.29, 1.82) is 0 Å². The van der Waals surface area contributed by atoms with Gasteiger partial charge in [-0.15, -0.1) is 0 Å². The fourth-order valence-corrected chi connectivity index (χ4v) is 4.15. The van der Waals surface area contributed by atoms with Crippen LogP contribution in [0.3, 0.4) is 0 Å². The van der Waals surface area contributed by atoms with Crippen LogP contribution in [0, 0.1) is 0 Å². The Morgan fingerprint density at radius 3 is 2.39 bits per heavy atom. The minimum Gasteiger partial charge on any atom is -0.450 e. The summed E-state index contributed by atoms with van der Waals surface area (Å²) in [4.78, 5) is 30.3. The molecule has 0 spiro atoms. The van der Waals surface area contributed by atoms with Gasteiger partial charge in [0, 0.05) is 22.0 Å². The summed E-state index contributed by atoms with van der Waals surface area (Å²) < 4.78 is 7.66. The van der Waals surface area contributed by atoms with Crippen LogP contribution in [-0.4, -0.2) is 42.9 Å². The highest BCUT2D eigenvalue weighted by Crippen LogP contribution is 2.38. The predicted octanol–water partition coefficient (Wildman–Crippen LogP) is 4.42. The molecule has 2 aromatic carbocycles. The number of rotatable bonds is 4. The number of carbonyl (C=O) groups is 1. The summed E-state index contributed by atoms with van der Waals surface area (Å²) in [5, 5.41) is 0.470. The van der Waals surface area contributed by atoms with E-state index in [0.29, 0.717) is 29.6 Å². The molecule has 28 heavy (non-hydrogen) atoms. The average molecular weight is 506 g/mol. The highest BCUT2D eigenvalue weighted by Gasteiger charge is 2.42. The second kappa shape index (κ2) is 7.46. The Morgan fingerprint density at radius 2 is 1.71 bits per heavy atom. The van der Waals surface area contributed by atoms with Crippen molar-refractivity contribution in [2.24, 2.45) is 0 Å². The Kier molecular flexibility index (Phi) is 5.16. The van der Waals surface area contributed by atoms with E-state index in [4.69, 9.17) is 4.42 Å². The summed E-state index contributed by atoms with van der Waals surface area (Å²) in [5.41, 5.74) is 1.56. The first-order valence-electron chi connectivity index (χ1n) is 8.84. The normalized spacial score (nSPS) is 16.2. The summed E-state index contributed by atoms with van der Waals surface area (Å²) >= 11 is 6.86. The van der Waals surface area contributed by atoms with Gasteiger partial charge in [-0.25, -0.2) is 0 Å². The molecule has 0 radical (unpaired) electrons. The molecule has 0 aliphatic carbocycles. The molecule has 1 aliphatic rings. The molecule has 1 amide bonds. The van der Waals surface area contributed by atoms with Crippen LogP contribution in [0.25, 0.3) is 11.0 Å². The third-order valence-electron chi connectivity index (χ3n) is 4.90. The molecule has 1 atom stereocenters. The van der Waals surface area contributed by atoms with E-state index < -0.39 is 6.04 Å². The zero-order valence-corrected chi connectivity index (χ0v) is 18.6. The molecule has 1 unspecified atom stereocenters. The SMILES string of the molecule is CN(C)CCN1C(=O)c2oc3ccc(Br)cc3c(=O)c2C1c1ccc(Br)cc1. The Labute approximate surface area is 179 Å². The lowest BCUT2D eigenvalue weighted by atomic mass is 9.98. The molecule has 4 rings (SSSR count). The highest BCUT2D eigenvalue weighted by molar-refractivity contribution is 9.10. The van der Waals surface area contributed by atoms with Gasteiger partial charge in [-0.2, -0.15) is 0 Å². The maximum Gasteiger partial charge on any atom is 0.290 e. The largest absolute Gasteiger partial charge is 0.450 e. The minimum absolute atomic E-state index is 0.145. The number of hydrogen-bond acceptors (Lipinski definition) is 4. The average Bonchev–Trinajstić information content (AvgIpc) is 2.94. The lowest BCUT2D eigenvalue weighted by Gasteiger charge is -2.26. The Balaban J connectivity index is 1.94. The minimum atomic E-state index is -0.463. The molecule has 144 valence electrons. The maximum atomic E-state index is 13.4. The van der Waals surface area contributed by atoms with Crippen LogP contribution < -0.4 is 5.43 Å². The molecule has 2 heterocycles. The van der Waals surface area contributed by atoms with Gasteiger partial charge >= 0.3 is 0 Å². The molecule has 0 saturated heterocycles. The fourth-order valence-electron chi connectivity index (χ4n) is 3.52. The van der Waals surface area contributed by atoms with Gasteiger partial charge in [0.15, 0.2) is 5.43 Å². The van der Waals surface area contributed by atoms with Crippen LogP contribution in [0.2, 0.25) is 0 Å². The molecular weight excluding hydrogens is 488 g/mol. The number of fused-ring (bicyclic) bond motifs is 2. The van der Waals surface area contributed by atoms with Crippen LogP contribution in [0.4, 0.5) is 0 Å². The number of likely N-dealkylation sites (N-methyl/N-ethyl adjacent to an activating group) is 1. The van der Waals surface area contributed by atoms with Crippen LogP contribution in [-0.2, 0) is 0 Å². The number of amides is 1. The summed E-state index contributed by atoms with van der Waals surface area (Å²) in [6, 6.07) is 12.5. The number of carbonyl (C=O) groups excluding carboxylic acids is 1. The van der Waals surface area contributed by atoms with Crippen molar-refractivity contribution in [3.63, 3.8) is 0 Å². The van der Waals surface area contributed by atoms with Crippen molar-refractivity contribution in [3.8, 4) is 0 Å². The zero-order chi connectivity index (χ0) is 20.0. The second-order valence-electron chi connectivity index (χ2n) is 7.07. The summed E-state index contributed by atoms with van der Waals surface area (Å²) in [7, 11) is 3.91. The first kappa shape index (κ1) is 19.4. The Bertz CT molecular complexity index is 1120. The molecule has 1 aliphatic heterocycles. The Hall–Kier alpha value is -1.96. The first-order valence-corrected chi connectivity index (χ1v) is 10.4. The van der Waals surface area contributed by atoms with Gasteiger partial charge in [0.05, 0.1) is 17.0 Å². The molecule has 5 nitrogen and oxygen atoms in total. The van der Waals surface area contributed by atoms with E-state index in [2.05, 4.69) is 31.9 Å². The summed E-state index contributed by atoms with van der Waals surface area (Å²) in [5.74, 6) is -0.0989. The summed E-state index contributed by atoms with van der Waals surface area (Å²) in [6.07, 6.45) is 0. The predicted molar refractivity (Wildman–Crippen MR) is 116 cm³/mol. The number of hydrogen-bond donors (Lipinski definition) is 0. The molecule has 1 aromatic heterocycles. The second-order valence-corrected chi connectivity index (χ2v) is 8.90. The van der Waals surface area contributed by atoms with Crippen molar-refractivity contribution in [2.75, 3.05) is 27.2 Å². The van der Waals surface area contributed by atoms with Crippen molar-refractivity contribution in [2.45, 2.75) is 6.04 Å². The maximum absolute atomic E-state index is 13.4. The molecular formula is C21H18Br2N2O3. The van der Waals surface area contributed by atoms with Crippen molar-refractivity contribution < 1.29 is 9.21 Å². The van der Waals surface area contributed by atoms with Gasteiger partial charge in [0.2, 0.25) is 5.76 Å². The van der Waals surface area contributed by atoms with E-state index >= 15 is 0 Å². The molecule has 0 N–H and O–H groups in total. The number of benzene rings is 2. The van der Waals surface area contributed by atoms with Gasteiger partial charge in [0.1, 0.15) is 5.58 Å². The van der Waals surface area contributed by atoms with Gasteiger partial charge in [-0.1, -0.05) is 44.0 Å². The van der Waals surface area contributed by atoms with Crippen molar-refractivity contribution in [3.05, 3.63) is 78.5 Å². The molecule has 0 saturated carbocycles. The van der Waals surface area contributed by atoms with E-state index in [1.54, 1.807) is 23.1 Å². The van der Waals surface area contributed by atoms with Gasteiger partial charge in [0.25, 0.3) is 5.91 Å². The van der Waals surface area contributed by atoms with Crippen LogP contribution in [0.1, 0.15) is 27.7 Å². The third kappa shape index (κ3) is 3.32. The van der Waals surface area contributed by atoms with Crippen LogP contribution in [0.5, 0.6) is 0 Å². The van der Waals surface area contributed by atoms with E-state index in [1.165, 1.54) is 0 Å². The highest BCUT2D eigenvalue weighted by atomic mass is 79.9. The molecule has 3 aromatic rings. The monoisotopic (exact) mass is 504 g/mol. The van der Waals surface area contributed by atoms with Crippen molar-refractivity contribution >= 4 is 48.7 Å². The van der Waals surface area contributed by atoms with E-state index in [0.717, 1.165) is 14.5 Å². The standard InChI is InChI=1S/C21H18Br2N2O3/c1-24(2)9-10-25-18(12-3-5-13(22)6-4-12)17-19(26)15-11-14(23)7-8-16(15)28-20(17)21(25)27/h3-8,11,18H,9-10H2,1-2H3. The van der Waals surface area contributed by atoms with Crippen LogP contribution in [0.15, 0.2) is 60.6 Å². The topological polar surface area (TPSA) is 53.8 Å². The van der Waals surface area contributed by atoms with E-state index in [1.807, 2.05) is 43.3 Å². The molecule has 7 heteroatoms. The summed E-state index contributed by atoms with van der Waals surface area (Å²) in [6.45, 7) is 1.18. The van der Waals surface area contributed by atoms with E-state index in [-0.39, 0.29) is 17.1 Å². The van der Waals surface area contributed by atoms with Gasteiger partial charge in [-0.3, -0.25) is 9.59 Å². The van der Waals surface area contributed by atoms with E-state index in [9.17, 15) is 9.59 Å². The third-order valence-corrected chi connectivity index (χ3v) is 5.92. The first-order chi connectivity index (χ1) is 13.4. The quantitative estimate of drug-likeness (QED) is 0.526. The number of nitrogens with zero attached hydrogens (tertiary/aromatic N) is 2. The Morgan fingerprint density at radius 1 is 1.04 bits per heavy atom. The van der Waals surface area contributed by atoms with Crippen molar-refractivity contribution in [1.82, 2.24) is 9.80 Å². The number of halogens is 2. The van der Waals surface area contributed by atoms with Gasteiger partial charge in [-0.05, 0) is 50.0 Å². The zero-order valence-electron chi connectivity index (χ0n) is 15.4. The molecule has 0 fully saturated rings. The van der Waals surface area contributed by atoms with Crippen LogP contribution >= 0.6 is 31.9 Å². The lowest BCUT2D eigenvalue weighted by Crippen LogP contribution is -2.35. The van der Waals surface area contributed by atoms with Gasteiger partial charge < -0.3 is 14.2 Å². The smallest absolute Gasteiger partial charge is 0.290 e. The lowest BCUT2D eigenvalue weighted by molar-refractivity contribution is 0.0716.